The van der Waals surface area contributed by atoms with Crippen LogP contribution in [0, 0.1) is 6.92 Å². The number of pyridine rings is 1. The van der Waals surface area contributed by atoms with Crippen molar-refractivity contribution in [3.05, 3.63) is 59.4 Å². The molecule has 7 nitrogen and oxygen atoms in total. The number of thiazole rings is 1. The lowest BCUT2D eigenvalue weighted by Gasteiger charge is -2.20. The highest BCUT2D eigenvalue weighted by molar-refractivity contribution is 7.17. The van der Waals surface area contributed by atoms with Gasteiger partial charge in [0.25, 0.3) is 5.91 Å². The summed E-state index contributed by atoms with van der Waals surface area (Å²) in [5.41, 5.74) is 1.57. The summed E-state index contributed by atoms with van der Waals surface area (Å²) in [4.78, 5) is 32.0. The van der Waals surface area contributed by atoms with Crippen LogP contribution in [0.25, 0.3) is 10.6 Å². The minimum atomic E-state index is -0.153. The normalized spacial score (nSPS) is 10.6. The van der Waals surface area contributed by atoms with Crippen molar-refractivity contribution >= 4 is 17.2 Å². The van der Waals surface area contributed by atoms with Crippen LogP contribution in [-0.2, 0) is 11.3 Å². The Hall–Kier alpha value is -2.71. The summed E-state index contributed by atoms with van der Waals surface area (Å²) in [6, 6.07) is 5.50. The fourth-order valence-electron chi connectivity index (χ4n) is 2.27. The molecule has 1 amide bonds. The van der Waals surface area contributed by atoms with E-state index < -0.39 is 0 Å². The number of rotatable bonds is 6. The fraction of sp³-hybridized carbons (Fsp3) is 0.235. The Morgan fingerprint density at radius 2 is 2.04 bits per heavy atom. The highest BCUT2D eigenvalue weighted by Gasteiger charge is 2.23. The summed E-state index contributed by atoms with van der Waals surface area (Å²) >= 11 is 1.35. The maximum Gasteiger partial charge on any atom is 0.268 e. The Morgan fingerprint density at radius 1 is 1.24 bits per heavy atom. The van der Waals surface area contributed by atoms with E-state index in [4.69, 9.17) is 4.74 Å². The summed E-state index contributed by atoms with van der Waals surface area (Å²) in [6.45, 7) is 2.25. The van der Waals surface area contributed by atoms with E-state index in [1.54, 1.807) is 42.9 Å². The van der Waals surface area contributed by atoms with Crippen LogP contribution in [0.5, 0.6) is 0 Å². The molecule has 0 fully saturated rings. The molecule has 0 unspecified atom stereocenters. The van der Waals surface area contributed by atoms with Gasteiger partial charge in [-0.25, -0.2) is 15.0 Å². The molecular formula is C17H17N5O2S. The average Bonchev–Trinajstić information content (AvgIpc) is 3.04. The highest BCUT2D eigenvalue weighted by atomic mass is 32.1. The van der Waals surface area contributed by atoms with Crippen molar-refractivity contribution in [1.82, 2.24) is 24.8 Å². The standard InChI is InChI=1S/C17H17N5O2S/c1-12-15(25-16(21-12)13-5-3-6-18-9-13)17(23)22(11-24-2)10-14-19-7-4-8-20-14/h3-9H,10-11H2,1-2H3. The fourth-order valence-corrected chi connectivity index (χ4v) is 3.29. The lowest BCUT2D eigenvalue weighted by Crippen LogP contribution is -2.32. The largest absolute Gasteiger partial charge is 0.364 e. The molecule has 3 rings (SSSR count). The van der Waals surface area contributed by atoms with E-state index in [1.807, 2.05) is 19.1 Å². The van der Waals surface area contributed by atoms with Crippen molar-refractivity contribution < 1.29 is 9.53 Å². The predicted octanol–water partition coefficient (Wildman–Crippen LogP) is 2.55. The van der Waals surface area contributed by atoms with E-state index in [2.05, 4.69) is 19.9 Å². The van der Waals surface area contributed by atoms with Gasteiger partial charge in [-0.2, -0.15) is 0 Å². The van der Waals surface area contributed by atoms with E-state index in [0.717, 1.165) is 10.6 Å². The van der Waals surface area contributed by atoms with Gasteiger partial charge in [0.2, 0.25) is 0 Å². The van der Waals surface area contributed by atoms with Crippen molar-refractivity contribution in [2.75, 3.05) is 13.8 Å². The molecule has 0 aliphatic carbocycles. The highest BCUT2D eigenvalue weighted by Crippen LogP contribution is 2.28. The Bertz CT molecular complexity index is 839. The number of aromatic nitrogens is 4. The number of carbonyl (C=O) groups excluding carboxylic acids is 1. The molecule has 0 aliphatic rings. The summed E-state index contributed by atoms with van der Waals surface area (Å²) in [5.74, 6) is 0.405. The van der Waals surface area contributed by atoms with Gasteiger partial charge in [-0.05, 0) is 25.1 Å². The molecule has 3 heterocycles. The third-order valence-electron chi connectivity index (χ3n) is 3.42. The van der Waals surface area contributed by atoms with Gasteiger partial charge in [-0.3, -0.25) is 9.78 Å². The number of carbonyl (C=O) groups is 1. The minimum Gasteiger partial charge on any atom is -0.364 e. The van der Waals surface area contributed by atoms with Crippen molar-refractivity contribution in [3.63, 3.8) is 0 Å². The first-order valence-electron chi connectivity index (χ1n) is 7.61. The predicted molar refractivity (Wildman–Crippen MR) is 93.9 cm³/mol. The zero-order valence-corrected chi connectivity index (χ0v) is 14.7. The Morgan fingerprint density at radius 3 is 2.72 bits per heavy atom. The van der Waals surface area contributed by atoms with Gasteiger partial charge in [0.15, 0.2) is 0 Å². The molecule has 0 aromatic carbocycles. The second-order valence-electron chi connectivity index (χ2n) is 5.26. The van der Waals surface area contributed by atoms with E-state index in [1.165, 1.54) is 11.3 Å². The van der Waals surface area contributed by atoms with E-state index in [-0.39, 0.29) is 19.2 Å². The molecule has 128 valence electrons. The first-order valence-corrected chi connectivity index (χ1v) is 8.42. The van der Waals surface area contributed by atoms with E-state index >= 15 is 0 Å². The maximum atomic E-state index is 12.9. The van der Waals surface area contributed by atoms with Crippen LogP contribution in [0.1, 0.15) is 21.2 Å². The zero-order chi connectivity index (χ0) is 17.6. The van der Waals surface area contributed by atoms with Crippen LogP contribution in [0.4, 0.5) is 0 Å². The first kappa shape index (κ1) is 17.1. The smallest absolute Gasteiger partial charge is 0.268 e. The molecule has 0 aliphatic heterocycles. The lowest BCUT2D eigenvalue weighted by atomic mass is 10.3. The summed E-state index contributed by atoms with van der Waals surface area (Å²) in [7, 11) is 1.55. The molecule has 0 bridgehead atoms. The molecule has 0 N–H and O–H groups in total. The van der Waals surface area contributed by atoms with Crippen LogP contribution in [-0.4, -0.2) is 44.6 Å². The van der Waals surface area contributed by atoms with E-state index in [0.29, 0.717) is 16.4 Å². The summed E-state index contributed by atoms with van der Waals surface area (Å²) < 4.78 is 5.17. The average molecular weight is 355 g/mol. The van der Waals surface area contributed by atoms with Crippen molar-refractivity contribution in [2.24, 2.45) is 0 Å². The van der Waals surface area contributed by atoms with Crippen LogP contribution in [0.2, 0.25) is 0 Å². The summed E-state index contributed by atoms with van der Waals surface area (Å²) in [5, 5.41) is 0.766. The lowest BCUT2D eigenvalue weighted by molar-refractivity contribution is 0.0384. The number of nitrogens with zero attached hydrogens (tertiary/aromatic N) is 5. The van der Waals surface area contributed by atoms with Gasteiger partial charge in [-0.15, -0.1) is 11.3 Å². The van der Waals surface area contributed by atoms with Gasteiger partial charge >= 0.3 is 0 Å². The molecule has 0 saturated heterocycles. The molecule has 8 heteroatoms. The maximum absolute atomic E-state index is 12.9. The van der Waals surface area contributed by atoms with E-state index in [9.17, 15) is 4.79 Å². The van der Waals surface area contributed by atoms with Gasteiger partial charge in [0.1, 0.15) is 22.4 Å². The van der Waals surface area contributed by atoms with Gasteiger partial charge < -0.3 is 9.64 Å². The van der Waals surface area contributed by atoms with Crippen LogP contribution in [0.15, 0.2) is 43.0 Å². The second-order valence-corrected chi connectivity index (χ2v) is 6.26. The quantitative estimate of drug-likeness (QED) is 0.632. The number of methoxy groups -OCH3 is 1. The number of hydrogen-bond acceptors (Lipinski definition) is 7. The summed E-state index contributed by atoms with van der Waals surface area (Å²) in [6.07, 6.45) is 6.74. The molecule has 0 radical (unpaired) electrons. The first-order chi connectivity index (χ1) is 12.2. The van der Waals surface area contributed by atoms with Crippen molar-refractivity contribution in [1.29, 1.82) is 0 Å². The SMILES string of the molecule is COCN(Cc1ncccn1)C(=O)c1sc(-c2cccnc2)nc1C. The Kier molecular flexibility index (Phi) is 5.42. The van der Waals surface area contributed by atoms with Gasteiger partial charge in [0.05, 0.1) is 12.2 Å². The van der Waals surface area contributed by atoms with Gasteiger partial charge in [0, 0.05) is 37.5 Å². The molecule has 0 atom stereocenters. The van der Waals surface area contributed by atoms with Crippen molar-refractivity contribution in [2.45, 2.75) is 13.5 Å². The number of hydrogen-bond donors (Lipinski definition) is 0. The van der Waals surface area contributed by atoms with Crippen LogP contribution in [0.3, 0.4) is 0 Å². The molecule has 3 aromatic heterocycles. The minimum absolute atomic E-state index is 0.149. The second kappa shape index (κ2) is 7.91. The molecule has 3 aromatic rings. The molecule has 25 heavy (non-hydrogen) atoms. The number of ether oxygens (including phenoxy) is 1. The molecule has 0 spiro atoms. The number of aryl methyl sites for hydroxylation is 1. The number of amides is 1. The van der Waals surface area contributed by atoms with Crippen LogP contribution >= 0.6 is 11.3 Å². The third-order valence-corrected chi connectivity index (χ3v) is 4.62. The Balaban J connectivity index is 1.86. The monoisotopic (exact) mass is 355 g/mol. The third kappa shape index (κ3) is 4.04. The molecule has 0 saturated carbocycles. The van der Waals surface area contributed by atoms with Crippen LogP contribution < -0.4 is 0 Å². The van der Waals surface area contributed by atoms with Crippen molar-refractivity contribution in [3.8, 4) is 10.6 Å². The van der Waals surface area contributed by atoms with Gasteiger partial charge in [-0.1, -0.05) is 0 Å². The topological polar surface area (TPSA) is 81.1 Å². The molecular weight excluding hydrogens is 338 g/mol. The Labute approximate surface area is 149 Å². The zero-order valence-electron chi connectivity index (χ0n) is 13.9.